The number of halogens is 1. The number of para-hydroxylation sites is 1. The molecule has 0 saturated carbocycles. The first-order valence-electron chi connectivity index (χ1n) is 5.17. The minimum absolute atomic E-state index is 0.615. The number of pyridine rings is 1. The van der Waals surface area contributed by atoms with Crippen LogP contribution >= 0.6 is 15.9 Å². The van der Waals surface area contributed by atoms with Gasteiger partial charge in [-0.25, -0.2) is 4.98 Å². The molecule has 0 radical (unpaired) electrons. The second kappa shape index (κ2) is 5.12. The summed E-state index contributed by atoms with van der Waals surface area (Å²) in [5, 5.41) is 0. The Morgan fingerprint density at radius 1 is 1.19 bits per heavy atom. The van der Waals surface area contributed by atoms with Crippen molar-refractivity contribution in [3.8, 4) is 11.6 Å². The van der Waals surface area contributed by atoms with E-state index in [1.807, 2.05) is 30.3 Å². The van der Waals surface area contributed by atoms with Crippen LogP contribution in [0.3, 0.4) is 0 Å². The van der Waals surface area contributed by atoms with Crippen molar-refractivity contribution in [2.45, 2.75) is 13.3 Å². The Kier molecular flexibility index (Phi) is 3.57. The first-order chi connectivity index (χ1) is 7.79. The quantitative estimate of drug-likeness (QED) is 0.839. The summed E-state index contributed by atoms with van der Waals surface area (Å²) in [4.78, 5) is 4.18. The number of ether oxygens (including phenoxy) is 1. The van der Waals surface area contributed by atoms with E-state index in [9.17, 15) is 0 Å². The van der Waals surface area contributed by atoms with Crippen molar-refractivity contribution < 1.29 is 4.74 Å². The van der Waals surface area contributed by atoms with Crippen LogP contribution in [0.4, 0.5) is 0 Å². The van der Waals surface area contributed by atoms with E-state index in [2.05, 4.69) is 33.9 Å². The Labute approximate surface area is 103 Å². The first-order valence-corrected chi connectivity index (χ1v) is 5.96. The fraction of sp³-hybridized carbons (Fsp3) is 0.154. The van der Waals surface area contributed by atoms with Gasteiger partial charge < -0.3 is 4.74 Å². The minimum Gasteiger partial charge on any atom is -0.439 e. The number of aryl methyl sites for hydroxylation is 1. The van der Waals surface area contributed by atoms with Gasteiger partial charge in [-0.1, -0.05) is 25.1 Å². The molecule has 0 atom stereocenters. The monoisotopic (exact) mass is 277 g/mol. The summed E-state index contributed by atoms with van der Waals surface area (Å²) in [6.07, 6.45) is 2.68. The molecule has 0 saturated heterocycles. The number of aromatic nitrogens is 1. The average molecular weight is 278 g/mol. The van der Waals surface area contributed by atoms with E-state index in [-0.39, 0.29) is 0 Å². The van der Waals surface area contributed by atoms with Gasteiger partial charge in [-0.3, -0.25) is 0 Å². The Bertz CT molecular complexity index is 468. The lowest BCUT2D eigenvalue weighted by Crippen LogP contribution is -1.91. The predicted octanol–water partition coefficient (Wildman–Crippen LogP) is 4.20. The molecule has 16 heavy (non-hydrogen) atoms. The SMILES string of the molecule is CCc1ccccc1Oc1ccc(Br)cn1. The van der Waals surface area contributed by atoms with Gasteiger partial charge in [0.15, 0.2) is 0 Å². The number of rotatable bonds is 3. The third-order valence-corrected chi connectivity index (χ3v) is 2.74. The van der Waals surface area contributed by atoms with E-state index in [1.54, 1.807) is 6.20 Å². The summed E-state index contributed by atoms with van der Waals surface area (Å²) in [5.41, 5.74) is 1.19. The molecular formula is C13H12BrNO. The molecule has 0 fully saturated rings. The maximum absolute atomic E-state index is 5.72. The van der Waals surface area contributed by atoms with Gasteiger partial charge in [-0.2, -0.15) is 0 Å². The fourth-order valence-electron chi connectivity index (χ4n) is 1.43. The van der Waals surface area contributed by atoms with Gasteiger partial charge in [0, 0.05) is 16.7 Å². The fourth-order valence-corrected chi connectivity index (χ4v) is 1.67. The van der Waals surface area contributed by atoms with Crippen molar-refractivity contribution in [3.05, 3.63) is 52.6 Å². The molecule has 0 N–H and O–H groups in total. The molecule has 82 valence electrons. The van der Waals surface area contributed by atoms with Crippen LogP contribution in [0.25, 0.3) is 0 Å². The van der Waals surface area contributed by atoms with Crippen LogP contribution in [0.15, 0.2) is 47.1 Å². The van der Waals surface area contributed by atoms with Gasteiger partial charge in [0.25, 0.3) is 0 Å². The molecule has 2 nitrogen and oxygen atoms in total. The summed E-state index contributed by atoms with van der Waals surface area (Å²) in [6.45, 7) is 2.11. The Morgan fingerprint density at radius 3 is 2.69 bits per heavy atom. The summed E-state index contributed by atoms with van der Waals surface area (Å²) in [5.74, 6) is 1.49. The molecule has 0 aliphatic carbocycles. The highest BCUT2D eigenvalue weighted by Crippen LogP contribution is 2.24. The van der Waals surface area contributed by atoms with E-state index < -0.39 is 0 Å². The smallest absolute Gasteiger partial charge is 0.219 e. The van der Waals surface area contributed by atoms with Crippen molar-refractivity contribution in [1.29, 1.82) is 0 Å². The zero-order valence-electron chi connectivity index (χ0n) is 8.98. The topological polar surface area (TPSA) is 22.1 Å². The highest BCUT2D eigenvalue weighted by molar-refractivity contribution is 9.10. The molecule has 0 aliphatic heterocycles. The van der Waals surface area contributed by atoms with E-state index in [0.717, 1.165) is 16.6 Å². The number of benzene rings is 1. The van der Waals surface area contributed by atoms with Crippen molar-refractivity contribution >= 4 is 15.9 Å². The van der Waals surface area contributed by atoms with Crippen LogP contribution in [0.2, 0.25) is 0 Å². The van der Waals surface area contributed by atoms with Crippen molar-refractivity contribution in [2.24, 2.45) is 0 Å². The molecule has 0 unspecified atom stereocenters. The molecule has 1 aromatic carbocycles. The Morgan fingerprint density at radius 2 is 2.00 bits per heavy atom. The van der Waals surface area contributed by atoms with Crippen LogP contribution in [-0.4, -0.2) is 4.98 Å². The summed E-state index contributed by atoms with van der Waals surface area (Å²) in [7, 11) is 0. The van der Waals surface area contributed by atoms with E-state index in [0.29, 0.717) is 5.88 Å². The lowest BCUT2D eigenvalue weighted by molar-refractivity contribution is 0.457. The second-order valence-corrected chi connectivity index (χ2v) is 4.29. The third-order valence-electron chi connectivity index (χ3n) is 2.27. The van der Waals surface area contributed by atoms with Gasteiger partial charge in [0.05, 0.1) is 0 Å². The molecule has 0 aliphatic rings. The van der Waals surface area contributed by atoms with Crippen molar-refractivity contribution in [1.82, 2.24) is 4.98 Å². The maximum atomic E-state index is 5.72. The van der Waals surface area contributed by atoms with Crippen molar-refractivity contribution in [3.63, 3.8) is 0 Å². The molecule has 2 aromatic rings. The first kappa shape index (κ1) is 11.1. The maximum Gasteiger partial charge on any atom is 0.219 e. The molecule has 1 heterocycles. The molecule has 3 heteroatoms. The normalized spacial score (nSPS) is 10.1. The predicted molar refractivity (Wildman–Crippen MR) is 67.8 cm³/mol. The van der Waals surface area contributed by atoms with Crippen LogP contribution < -0.4 is 4.74 Å². The van der Waals surface area contributed by atoms with Gasteiger partial charge in [-0.15, -0.1) is 0 Å². The molecule has 2 rings (SSSR count). The lowest BCUT2D eigenvalue weighted by atomic mass is 10.1. The van der Waals surface area contributed by atoms with Crippen molar-refractivity contribution in [2.75, 3.05) is 0 Å². The van der Waals surface area contributed by atoms with Gasteiger partial charge in [0.2, 0.25) is 5.88 Å². The van der Waals surface area contributed by atoms with Gasteiger partial charge >= 0.3 is 0 Å². The van der Waals surface area contributed by atoms with Crippen LogP contribution in [0, 0.1) is 0 Å². The molecule has 1 aromatic heterocycles. The van der Waals surface area contributed by atoms with Crippen LogP contribution in [0.5, 0.6) is 11.6 Å². The summed E-state index contributed by atoms with van der Waals surface area (Å²) >= 11 is 3.34. The lowest BCUT2D eigenvalue weighted by Gasteiger charge is -2.08. The highest BCUT2D eigenvalue weighted by Gasteiger charge is 2.02. The number of nitrogens with zero attached hydrogens (tertiary/aromatic N) is 1. The molecular weight excluding hydrogens is 266 g/mol. The molecule has 0 amide bonds. The Hall–Kier alpha value is -1.35. The van der Waals surface area contributed by atoms with E-state index in [1.165, 1.54) is 5.56 Å². The number of hydrogen-bond donors (Lipinski definition) is 0. The largest absolute Gasteiger partial charge is 0.439 e. The zero-order valence-corrected chi connectivity index (χ0v) is 10.6. The number of hydrogen-bond acceptors (Lipinski definition) is 2. The zero-order chi connectivity index (χ0) is 11.4. The molecule has 0 spiro atoms. The van der Waals surface area contributed by atoms with Gasteiger partial charge in [-0.05, 0) is 40.0 Å². The summed E-state index contributed by atoms with van der Waals surface area (Å²) in [6, 6.07) is 11.8. The Balaban J connectivity index is 2.23. The molecule has 0 bridgehead atoms. The highest BCUT2D eigenvalue weighted by atomic mass is 79.9. The minimum atomic E-state index is 0.615. The third kappa shape index (κ3) is 2.61. The van der Waals surface area contributed by atoms with E-state index in [4.69, 9.17) is 4.74 Å². The van der Waals surface area contributed by atoms with Crippen LogP contribution in [-0.2, 0) is 6.42 Å². The second-order valence-electron chi connectivity index (χ2n) is 3.38. The van der Waals surface area contributed by atoms with Gasteiger partial charge in [0.1, 0.15) is 5.75 Å². The average Bonchev–Trinajstić information content (AvgIpc) is 2.33. The van der Waals surface area contributed by atoms with E-state index >= 15 is 0 Å². The summed E-state index contributed by atoms with van der Waals surface area (Å²) < 4.78 is 6.67. The van der Waals surface area contributed by atoms with Crippen LogP contribution in [0.1, 0.15) is 12.5 Å². The standard InChI is InChI=1S/C13H12BrNO/c1-2-10-5-3-4-6-12(10)16-13-8-7-11(14)9-15-13/h3-9H,2H2,1H3.